The average molecular weight is 210 g/mol. The predicted octanol–water partition coefficient (Wildman–Crippen LogP) is 1.21. The van der Waals surface area contributed by atoms with Crippen molar-refractivity contribution in [1.82, 2.24) is 9.55 Å². The van der Waals surface area contributed by atoms with Crippen LogP contribution in [0.4, 0.5) is 0 Å². The number of esters is 1. The van der Waals surface area contributed by atoms with Gasteiger partial charge in [0.1, 0.15) is 5.69 Å². The summed E-state index contributed by atoms with van der Waals surface area (Å²) in [7, 11) is 3.03. The Balaban J connectivity index is 2.98. The number of nitrogens with zero attached hydrogens (tertiary/aromatic N) is 2. The van der Waals surface area contributed by atoms with Crippen LogP contribution in [0.3, 0.4) is 0 Å². The Morgan fingerprint density at radius 3 is 2.87 bits per heavy atom. The molecule has 1 aromatic rings. The van der Waals surface area contributed by atoms with Gasteiger partial charge in [-0.25, -0.2) is 9.78 Å². The molecule has 0 fully saturated rings. The molecule has 82 valence electrons. The van der Waals surface area contributed by atoms with Crippen molar-refractivity contribution in [2.75, 3.05) is 13.7 Å². The number of rotatable bonds is 4. The molecule has 0 aliphatic rings. The van der Waals surface area contributed by atoms with E-state index in [4.69, 9.17) is 4.74 Å². The molecular weight excluding hydrogens is 196 g/mol. The van der Waals surface area contributed by atoms with Crippen LogP contribution in [-0.2, 0) is 16.5 Å². The molecule has 0 aliphatic carbocycles. The standard InChI is InChI=1S/C10H14N2O3/c1-5-15-7(2)9-11-6-8(12(9)3)10(13)14-4/h6H,2,5H2,1,3-4H3. The minimum Gasteiger partial charge on any atom is -0.491 e. The van der Waals surface area contributed by atoms with Crippen molar-refractivity contribution in [3.8, 4) is 0 Å². The number of hydrogen-bond donors (Lipinski definition) is 0. The first-order valence-corrected chi connectivity index (χ1v) is 4.53. The molecule has 1 aromatic heterocycles. The van der Waals surface area contributed by atoms with E-state index in [0.29, 0.717) is 23.9 Å². The zero-order valence-corrected chi connectivity index (χ0v) is 9.11. The van der Waals surface area contributed by atoms with Crippen molar-refractivity contribution >= 4 is 11.7 Å². The lowest BCUT2D eigenvalue weighted by atomic mass is 10.4. The van der Waals surface area contributed by atoms with Crippen molar-refractivity contribution in [2.24, 2.45) is 7.05 Å². The van der Waals surface area contributed by atoms with E-state index in [2.05, 4.69) is 16.3 Å². The molecule has 5 heteroatoms. The van der Waals surface area contributed by atoms with Gasteiger partial charge >= 0.3 is 5.97 Å². The van der Waals surface area contributed by atoms with E-state index in [1.165, 1.54) is 13.3 Å². The van der Waals surface area contributed by atoms with Gasteiger partial charge in [-0.3, -0.25) is 0 Å². The lowest BCUT2D eigenvalue weighted by molar-refractivity contribution is 0.0589. The highest BCUT2D eigenvalue weighted by atomic mass is 16.5. The summed E-state index contributed by atoms with van der Waals surface area (Å²) in [5.74, 6) is 0.535. The summed E-state index contributed by atoms with van der Waals surface area (Å²) < 4.78 is 11.4. The number of carbonyl (C=O) groups excluding carboxylic acids is 1. The van der Waals surface area contributed by atoms with E-state index < -0.39 is 5.97 Å². The summed E-state index contributed by atoms with van der Waals surface area (Å²) in [4.78, 5) is 15.3. The van der Waals surface area contributed by atoms with Crippen LogP contribution in [0.5, 0.6) is 0 Å². The third-order valence-corrected chi connectivity index (χ3v) is 1.95. The molecule has 0 aromatic carbocycles. The first-order chi connectivity index (χ1) is 7.11. The first kappa shape index (κ1) is 11.3. The summed E-state index contributed by atoms with van der Waals surface area (Å²) in [6, 6.07) is 0. The van der Waals surface area contributed by atoms with Gasteiger partial charge < -0.3 is 14.0 Å². The topological polar surface area (TPSA) is 53.4 Å². The van der Waals surface area contributed by atoms with Crippen LogP contribution in [0.25, 0.3) is 5.76 Å². The maximum atomic E-state index is 11.3. The van der Waals surface area contributed by atoms with Gasteiger partial charge in [-0.1, -0.05) is 6.58 Å². The molecule has 15 heavy (non-hydrogen) atoms. The number of imidazole rings is 1. The van der Waals surface area contributed by atoms with Gasteiger partial charge in [0.25, 0.3) is 0 Å². The zero-order chi connectivity index (χ0) is 11.4. The smallest absolute Gasteiger partial charge is 0.356 e. The van der Waals surface area contributed by atoms with Crippen LogP contribution in [0.15, 0.2) is 12.8 Å². The van der Waals surface area contributed by atoms with Crippen molar-refractivity contribution < 1.29 is 14.3 Å². The van der Waals surface area contributed by atoms with E-state index >= 15 is 0 Å². The van der Waals surface area contributed by atoms with Crippen molar-refractivity contribution in [2.45, 2.75) is 6.92 Å². The Labute approximate surface area is 88.3 Å². The van der Waals surface area contributed by atoms with Gasteiger partial charge in [0.2, 0.25) is 0 Å². The molecule has 0 spiro atoms. The second kappa shape index (κ2) is 4.63. The Hall–Kier alpha value is -1.78. The summed E-state index contributed by atoms with van der Waals surface area (Å²) in [6.45, 7) is 6.09. The molecule has 1 rings (SSSR count). The van der Waals surface area contributed by atoms with Crippen LogP contribution in [0.1, 0.15) is 23.2 Å². The highest BCUT2D eigenvalue weighted by molar-refractivity contribution is 5.87. The molecule has 0 bridgehead atoms. The Bertz CT molecular complexity index is 382. The third-order valence-electron chi connectivity index (χ3n) is 1.95. The zero-order valence-electron chi connectivity index (χ0n) is 9.11. The van der Waals surface area contributed by atoms with Crippen molar-refractivity contribution in [1.29, 1.82) is 0 Å². The molecule has 1 heterocycles. The Morgan fingerprint density at radius 1 is 1.67 bits per heavy atom. The van der Waals surface area contributed by atoms with Crippen molar-refractivity contribution in [3.05, 3.63) is 24.3 Å². The fourth-order valence-corrected chi connectivity index (χ4v) is 1.20. The second-order valence-corrected chi connectivity index (χ2v) is 2.87. The second-order valence-electron chi connectivity index (χ2n) is 2.87. The molecule has 5 nitrogen and oxygen atoms in total. The third kappa shape index (κ3) is 2.18. The number of methoxy groups -OCH3 is 1. The number of carbonyl (C=O) groups is 1. The molecule has 0 radical (unpaired) electrons. The molecule has 0 unspecified atom stereocenters. The Kier molecular flexibility index (Phi) is 3.49. The first-order valence-electron chi connectivity index (χ1n) is 4.53. The van der Waals surface area contributed by atoms with E-state index in [1.807, 2.05) is 6.92 Å². The molecule has 0 N–H and O–H groups in total. The van der Waals surface area contributed by atoms with Gasteiger partial charge in [0.05, 0.1) is 19.9 Å². The van der Waals surface area contributed by atoms with E-state index in [-0.39, 0.29) is 0 Å². The molecule has 0 aliphatic heterocycles. The summed E-state index contributed by atoms with van der Waals surface area (Å²) in [5.41, 5.74) is 0.369. The SMILES string of the molecule is C=C(OCC)c1ncc(C(=O)OC)n1C. The van der Waals surface area contributed by atoms with Gasteiger partial charge in [-0.2, -0.15) is 0 Å². The van der Waals surface area contributed by atoms with Gasteiger partial charge in [0, 0.05) is 7.05 Å². The van der Waals surface area contributed by atoms with Crippen molar-refractivity contribution in [3.63, 3.8) is 0 Å². The average Bonchev–Trinajstić information content (AvgIpc) is 2.59. The molecule has 0 saturated carbocycles. The summed E-state index contributed by atoms with van der Waals surface area (Å²) in [5, 5.41) is 0. The maximum Gasteiger partial charge on any atom is 0.356 e. The Morgan fingerprint density at radius 2 is 2.33 bits per heavy atom. The highest BCUT2D eigenvalue weighted by Crippen LogP contribution is 2.13. The fourth-order valence-electron chi connectivity index (χ4n) is 1.20. The quantitative estimate of drug-likeness (QED) is 0.553. The van der Waals surface area contributed by atoms with E-state index in [9.17, 15) is 4.79 Å². The lowest BCUT2D eigenvalue weighted by Crippen LogP contribution is -2.09. The number of ether oxygens (including phenoxy) is 2. The van der Waals surface area contributed by atoms with E-state index in [0.717, 1.165) is 0 Å². The summed E-state index contributed by atoms with van der Waals surface area (Å²) in [6.07, 6.45) is 1.44. The number of hydrogen-bond acceptors (Lipinski definition) is 4. The highest BCUT2D eigenvalue weighted by Gasteiger charge is 2.16. The monoisotopic (exact) mass is 210 g/mol. The normalized spacial score (nSPS) is 9.80. The van der Waals surface area contributed by atoms with Crippen LogP contribution in [0.2, 0.25) is 0 Å². The molecular formula is C10H14N2O3. The van der Waals surface area contributed by atoms with Gasteiger partial charge in [-0.15, -0.1) is 0 Å². The van der Waals surface area contributed by atoms with Crippen LogP contribution >= 0.6 is 0 Å². The summed E-state index contributed by atoms with van der Waals surface area (Å²) >= 11 is 0. The minimum absolute atomic E-state index is 0.369. The molecule has 0 atom stereocenters. The van der Waals surface area contributed by atoms with E-state index in [1.54, 1.807) is 11.6 Å². The van der Waals surface area contributed by atoms with Gasteiger partial charge in [0.15, 0.2) is 11.6 Å². The molecule has 0 saturated heterocycles. The molecule has 0 amide bonds. The number of aromatic nitrogens is 2. The predicted molar refractivity (Wildman–Crippen MR) is 55.2 cm³/mol. The lowest BCUT2D eigenvalue weighted by Gasteiger charge is -2.07. The van der Waals surface area contributed by atoms with Gasteiger partial charge in [-0.05, 0) is 6.92 Å². The van der Waals surface area contributed by atoms with Crippen LogP contribution < -0.4 is 0 Å². The minimum atomic E-state index is -0.430. The van der Waals surface area contributed by atoms with Crippen LogP contribution in [-0.4, -0.2) is 29.2 Å². The van der Waals surface area contributed by atoms with Crippen LogP contribution in [0, 0.1) is 0 Å². The largest absolute Gasteiger partial charge is 0.491 e. The fraction of sp³-hybridized carbons (Fsp3) is 0.400. The maximum absolute atomic E-state index is 11.3.